The van der Waals surface area contributed by atoms with Crippen LogP contribution in [-0.4, -0.2) is 249 Å². The fraction of sp³-hybridized carbons (Fsp3) is 0.423. The van der Waals surface area contributed by atoms with Crippen molar-refractivity contribution in [3.63, 3.8) is 0 Å². The number of hydrogen-bond acceptors (Lipinski definition) is 45. The summed E-state index contributed by atoms with van der Waals surface area (Å²) in [6.45, 7) is 1.99. The average molecular weight is 1990 g/mol. The van der Waals surface area contributed by atoms with E-state index in [1.807, 2.05) is 58.4 Å². The number of benzene rings is 3. The van der Waals surface area contributed by atoms with E-state index >= 15 is 0 Å². The Hall–Kier alpha value is -10.3. The number of hydrogen-bond donors (Lipinski definition) is 12. The van der Waals surface area contributed by atoms with Gasteiger partial charge in [0.15, 0.2) is 111 Å². The molecule has 6 aromatic heterocycles. The predicted octanol–water partition coefficient (Wildman–Crippen LogP) is 0.444. The zero-order valence-corrected chi connectivity index (χ0v) is 75.2. The Morgan fingerprint density at radius 3 is 1.00 bits per heavy atom. The van der Waals surface area contributed by atoms with Crippen LogP contribution >= 0.6 is 46.3 Å². The number of amides is 6. The van der Waals surface area contributed by atoms with Gasteiger partial charge in [-0.15, -0.1) is 0 Å². The van der Waals surface area contributed by atoms with Gasteiger partial charge in [-0.2, -0.15) is 0 Å². The van der Waals surface area contributed by atoms with Gasteiger partial charge in [-0.05, 0) is 32.4 Å². The van der Waals surface area contributed by atoms with Crippen molar-refractivity contribution < 1.29 is 170 Å². The second-order valence-corrected chi connectivity index (χ2v) is 38.8. The summed E-state index contributed by atoms with van der Waals surface area (Å²) in [7, 11) is -31.7. The second kappa shape index (κ2) is 44.7. The average Bonchev–Trinajstić information content (AvgIpc) is 1.60. The third-order valence-electron chi connectivity index (χ3n) is 19.2. The number of carbonyl (C=O) groups excluding carboxylic acids is 3. The zero-order chi connectivity index (χ0) is 95.9. The van der Waals surface area contributed by atoms with Crippen LogP contribution in [0.4, 0.5) is 31.8 Å². The summed E-state index contributed by atoms with van der Waals surface area (Å²) in [5, 5.41) is 47.5. The highest BCUT2D eigenvalue weighted by atomic mass is 31.3. The van der Waals surface area contributed by atoms with Crippen LogP contribution in [0.5, 0.6) is 0 Å². The van der Waals surface area contributed by atoms with E-state index in [4.69, 9.17) is 71.5 Å². The lowest BCUT2D eigenvalue weighted by atomic mass is 10.1. The van der Waals surface area contributed by atoms with Crippen LogP contribution in [-0.2, 0) is 111 Å². The summed E-state index contributed by atoms with van der Waals surface area (Å²) >= 11 is 0. The van der Waals surface area contributed by atoms with Gasteiger partial charge in [-0.3, -0.25) is 86.6 Å². The molecule has 6 aliphatic heterocycles. The lowest BCUT2D eigenvalue weighted by Gasteiger charge is -2.32. The summed E-state index contributed by atoms with van der Waals surface area (Å²) < 4.78 is 160. The number of anilines is 3. The first-order chi connectivity index (χ1) is 63.9. The largest absolute Gasteiger partial charge is 0.777 e. The molecule has 12 N–H and O–H groups in total. The second-order valence-electron chi connectivity index (χ2n) is 28.8. The highest BCUT2D eigenvalue weighted by Gasteiger charge is 2.57. The normalized spacial score (nSPS) is 25.5. The van der Waals surface area contributed by atoms with Crippen molar-refractivity contribution in [2.45, 2.75) is 113 Å². The fourth-order valence-electron chi connectivity index (χ4n) is 13.8. The first-order valence-electron chi connectivity index (χ1n) is 39.9. The molecule has 9 aromatic rings. The van der Waals surface area contributed by atoms with Crippen molar-refractivity contribution >= 4 is 139 Å². The zero-order valence-electron chi connectivity index (χ0n) is 69.8. The van der Waals surface area contributed by atoms with Crippen LogP contribution in [0, 0.1) is 0 Å². The maximum Gasteiger partial charge on any atom is 0.320 e. The van der Waals surface area contributed by atoms with E-state index in [0.29, 0.717) is 30.8 Å². The first-order valence-corrected chi connectivity index (χ1v) is 49.5. The van der Waals surface area contributed by atoms with Gasteiger partial charge in [0.05, 0.1) is 77.3 Å². The number of urea groups is 3. The molecule has 21 atom stereocenters. The van der Waals surface area contributed by atoms with Crippen LogP contribution in [0.15, 0.2) is 135 Å². The number of aliphatic carboxylic acids is 3. The van der Waals surface area contributed by atoms with Gasteiger partial charge in [0.2, 0.25) is 0 Å². The van der Waals surface area contributed by atoms with Crippen molar-refractivity contribution in [1.82, 2.24) is 90.5 Å². The van der Waals surface area contributed by atoms with Gasteiger partial charge in [0.25, 0.3) is 23.5 Å². The maximum absolute atomic E-state index is 12.4. The van der Waals surface area contributed by atoms with E-state index in [9.17, 15) is 85.5 Å². The van der Waals surface area contributed by atoms with E-state index < -0.39 is 233 Å². The number of ether oxygens (including phenoxy) is 9. The molecule has 134 heavy (non-hydrogen) atoms. The third-order valence-corrected chi connectivity index (χ3v) is 27.8. The minimum Gasteiger partial charge on any atom is -0.777 e. The van der Waals surface area contributed by atoms with Gasteiger partial charge in [0, 0.05) is 30.8 Å². The Morgan fingerprint density at radius 2 is 0.687 bits per heavy atom. The van der Waals surface area contributed by atoms with E-state index in [1.165, 1.54) is 51.7 Å². The number of carbonyl (C=O) groups is 6. The molecule has 0 bridgehead atoms. The van der Waals surface area contributed by atoms with Crippen molar-refractivity contribution in [1.29, 1.82) is 0 Å². The highest BCUT2D eigenvalue weighted by molar-refractivity contribution is 7.63. The van der Waals surface area contributed by atoms with Gasteiger partial charge in [-0.25, -0.2) is 59.2 Å². The Labute approximate surface area is 755 Å². The molecule has 6 amide bonds. The number of fused-ring (bicyclic) bond motifs is 6. The quantitative estimate of drug-likeness (QED) is 0.0232. The van der Waals surface area contributed by atoms with Gasteiger partial charge < -0.3 is 131 Å². The fourth-order valence-corrected chi connectivity index (χ4v) is 20.9. The third kappa shape index (κ3) is 26.7. The summed E-state index contributed by atoms with van der Waals surface area (Å²) in [4.78, 5) is 179. The van der Waals surface area contributed by atoms with Crippen LogP contribution in [0.2, 0.25) is 0 Å². The molecule has 6 saturated heterocycles. The van der Waals surface area contributed by atoms with E-state index in [2.05, 4.69) is 89.7 Å². The van der Waals surface area contributed by atoms with Crippen molar-refractivity contribution in [2.24, 2.45) is 0 Å². The van der Waals surface area contributed by atoms with Crippen LogP contribution in [0.3, 0.4) is 0 Å². The standard InChI is InChI=1S/C25H31N7O12P2.2C23H29N7O12P2/c1-2-27-25(35)31-22-19-23(29-12-28-22)32(13-30-19)24-21-20(42-18(43-21)9-8-15-6-4-3-5-7-15)16(41-24)11-40-46(38,39)44-45(36,37)14-26-10-17(33)34;2*1-2-25-23(33)29-19-16-20(27-10-26-19)30(11-28-16)21-18-17(40-22(41-18)13-6-4-3-5-7-13)14(39-21)9-38-44(36,37)42-43(34,35)12-24-8-15(31)32/h3-9,12-13,16,18,20-21,24,26H,2,10-11,14H2,1H3,(H,33,34)(H,36,37)(H,38,39)(H2,27,28,29,31,35);2*3-7,10-11,14,17-18,21-22,24H,2,8-9,12H2,1H3,(H,31,32)(H,34,35)(H,36,37)(H2,25,26,27,29,33)/p-6/b9-8+;;/t16-,18+,20?,21+,24-;14-,17?,18+,21-,22+;14-,17?,18+,21-,22-/m111/s1. The van der Waals surface area contributed by atoms with Crippen LogP contribution in [0.25, 0.3) is 39.6 Å². The van der Waals surface area contributed by atoms with E-state index in [-0.39, 0.29) is 50.9 Å². The molecule has 0 radical (unpaired) electrons. The van der Waals surface area contributed by atoms with Gasteiger partial charge in [0.1, 0.15) is 73.9 Å². The molecule has 6 fully saturated rings. The summed E-state index contributed by atoms with van der Waals surface area (Å²) in [5.74, 6) is -3.68. The minimum atomic E-state index is -5.47. The molecule has 3 aromatic carbocycles. The molecule has 57 nitrogen and oxygen atoms in total. The molecule has 12 heterocycles. The molecule has 0 spiro atoms. The van der Waals surface area contributed by atoms with Crippen LogP contribution < -0.4 is 77.2 Å². The van der Waals surface area contributed by atoms with Gasteiger partial charge in [-0.1, -0.05) is 97.1 Å². The lowest BCUT2D eigenvalue weighted by Crippen LogP contribution is -2.32. The maximum atomic E-state index is 12.4. The Balaban J connectivity index is 0.000000170. The molecule has 9 unspecified atom stereocenters. The lowest BCUT2D eigenvalue weighted by molar-refractivity contribution is -0.237. The number of imidazole rings is 3. The molecule has 0 saturated carbocycles. The Morgan fingerprint density at radius 1 is 0.396 bits per heavy atom. The Bertz CT molecular complexity index is 5760. The molecule has 63 heteroatoms. The number of rotatable bonds is 40. The predicted molar refractivity (Wildman–Crippen MR) is 441 cm³/mol. The smallest absolute Gasteiger partial charge is 0.320 e. The van der Waals surface area contributed by atoms with Crippen molar-refractivity contribution in [3.8, 4) is 0 Å². The summed E-state index contributed by atoms with van der Waals surface area (Å²) in [6, 6.07) is 25.7. The number of nitrogens with zero attached hydrogens (tertiary/aromatic N) is 12. The number of phosphoric ester groups is 3. The molecule has 15 rings (SSSR count). The number of carboxylic acids is 3. The van der Waals surface area contributed by atoms with E-state index in [0.717, 1.165) is 5.56 Å². The molecule has 0 aliphatic carbocycles. The van der Waals surface area contributed by atoms with Crippen molar-refractivity contribution in [2.75, 3.05) is 93.9 Å². The molecular formula is C71H83N21O36P6-6. The number of aromatic nitrogens is 12. The number of carboxylic acid groups (broad SMARTS) is 3. The van der Waals surface area contributed by atoms with Crippen molar-refractivity contribution in [3.05, 3.63) is 152 Å². The van der Waals surface area contributed by atoms with E-state index in [1.54, 1.807) is 81.5 Å². The summed E-state index contributed by atoms with van der Waals surface area (Å²) in [5.41, 5.74) is 3.66. The summed E-state index contributed by atoms with van der Waals surface area (Å²) in [6.07, 6.45) is -6.23. The molecule has 6 aliphatic rings. The SMILES string of the molecule is CCNC(=O)Nc1ncnc2c1ncn2[C@@H]1O[C@H](COP(=O)([O-])OP(=O)([O-])CNCC(=O)O)C2O[C@@H](c3ccccc3)O[C@@H]21.CCNC(=O)Nc1ncnc2c1ncn2[C@@H]1O[C@H](COP(=O)([O-])OP(=O)([O-])CNCC(=O)O)C2O[C@H](/C=C/c3ccccc3)O[C@@H]21.CCNC(=O)Nc1ncnc2c1ncn2[C@@H]1O[C@H](COP(=O)([O-])OP(=O)([O-])CNCC(=O)O)C2O[C@H](c3ccccc3)O[C@@H]21. The van der Waals surface area contributed by atoms with Gasteiger partial charge >= 0.3 is 36.0 Å². The number of nitrogens with one attached hydrogen (secondary N) is 9. The highest BCUT2D eigenvalue weighted by Crippen LogP contribution is 2.58. The monoisotopic (exact) mass is 1990 g/mol. The Kier molecular flexibility index (Phi) is 33.7. The first kappa shape index (κ1) is 101. The minimum absolute atomic E-state index is 0.126. The number of phosphoric acid groups is 3. The molecule has 724 valence electrons. The molecular weight excluding hydrogens is 1910 g/mol. The van der Waals surface area contributed by atoms with Crippen LogP contribution in [0.1, 0.15) is 68.7 Å². The topological polar surface area (TPSA) is 781 Å².